The number of carbonyl (C=O) groups excluding carboxylic acids is 3. The first-order valence-corrected chi connectivity index (χ1v) is 10.1. The molecule has 26 heavy (non-hydrogen) atoms. The van der Waals surface area contributed by atoms with Gasteiger partial charge in [-0.05, 0) is 49.7 Å². The fourth-order valence-corrected chi connectivity index (χ4v) is 4.26. The quantitative estimate of drug-likeness (QED) is 0.738. The lowest BCUT2D eigenvalue weighted by Crippen LogP contribution is -2.40. The number of thiophene rings is 1. The number of likely N-dealkylation sites (N-methyl/N-ethyl adjacent to an activating group) is 1. The van der Waals surface area contributed by atoms with Crippen molar-refractivity contribution in [3.8, 4) is 0 Å². The lowest BCUT2D eigenvalue weighted by Gasteiger charge is -2.19. The molecule has 1 fully saturated rings. The smallest absolute Gasteiger partial charge is 0.348 e. The van der Waals surface area contributed by atoms with Crippen LogP contribution in [0.25, 0.3) is 0 Å². The van der Waals surface area contributed by atoms with Crippen molar-refractivity contribution in [2.45, 2.75) is 51.5 Å². The Morgan fingerprint density at radius 2 is 2.08 bits per heavy atom. The van der Waals surface area contributed by atoms with Gasteiger partial charge in [0, 0.05) is 18.0 Å². The Balaban J connectivity index is 1.46. The van der Waals surface area contributed by atoms with Crippen LogP contribution in [0.4, 0.5) is 0 Å². The third-order valence-corrected chi connectivity index (χ3v) is 6.26. The van der Waals surface area contributed by atoms with Gasteiger partial charge in [-0.25, -0.2) is 4.79 Å². The standard InChI is InChI=1S/C19H26N2O4S/c1-3-12-4-7-15-13(8-12)9-16(26-15)19(24)25-11-18(23)21(2)10-17(22)20-14-5-6-14/h9,12,14H,3-8,10-11H2,1-2H3,(H,20,22)/t12-/m0/s1. The molecule has 1 aromatic heterocycles. The summed E-state index contributed by atoms with van der Waals surface area (Å²) in [5.74, 6) is -0.317. The van der Waals surface area contributed by atoms with E-state index in [9.17, 15) is 14.4 Å². The van der Waals surface area contributed by atoms with Crippen LogP contribution < -0.4 is 5.32 Å². The van der Waals surface area contributed by atoms with Crippen LogP contribution in [0.15, 0.2) is 6.07 Å². The highest BCUT2D eigenvalue weighted by molar-refractivity contribution is 7.14. The third-order valence-electron chi connectivity index (χ3n) is 5.04. The SMILES string of the molecule is CC[C@H]1CCc2sc(C(=O)OCC(=O)N(C)CC(=O)NC3CC3)cc2C1. The number of carbonyl (C=O) groups is 3. The van der Waals surface area contributed by atoms with Gasteiger partial charge in [0.15, 0.2) is 6.61 Å². The first-order chi connectivity index (χ1) is 12.5. The largest absolute Gasteiger partial charge is 0.451 e. The van der Waals surface area contributed by atoms with E-state index in [-0.39, 0.29) is 31.0 Å². The molecule has 0 bridgehead atoms. The maximum Gasteiger partial charge on any atom is 0.348 e. The van der Waals surface area contributed by atoms with Crippen molar-refractivity contribution < 1.29 is 19.1 Å². The summed E-state index contributed by atoms with van der Waals surface area (Å²) in [6, 6.07) is 2.18. The number of nitrogens with zero attached hydrogens (tertiary/aromatic N) is 1. The number of aryl methyl sites for hydroxylation is 1. The minimum absolute atomic E-state index is 0.0153. The summed E-state index contributed by atoms with van der Waals surface area (Å²) in [6.45, 7) is 1.84. The molecule has 1 atom stereocenters. The van der Waals surface area contributed by atoms with E-state index in [4.69, 9.17) is 4.74 Å². The number of hydrogen-bond donors (Lipinski definition) is 1. The molecule has 0 saturated heterocycles. The molecular formula is C19H26N2O4S. The predicted octanol–water partition coefficient (Wildman–Crippen LogP) is 2.16. The molecule has 2 aliphatic rings. The molecule has 2 amide bonds. The number of hydrogen-bond acceptors (Lipinski definition) is 5. The highest BCUT2D eigenvalue weighted by Gasteiger charge is 2.25. The van der Waals surface area contributed by atoms with Crippen molar-refractivity contribution in [2.24, 2.45) is 5.92 Å². The van der Waals surface area contributed by atoms with Gasteiger partial charge in [0.25, 0.3) is 5.91 Å². The van der Waals surface area contributed by atoms with Crippen LogP contribution in [0.1, 0.15) is 52.7 Å². The Bertz CT molecular complexity index is 696. The van der Waals surface area contributed by atoms with Gasteiger partial charge in [-0.15, -0.1) is 11.3 Å². The Morgan fingerprint density at radius 3 is 2.77 bits per heavy atom. The van der Waals surface area contributed by atoms with Crippen molar-refractivity contribution in [3.63, 3.8) is 0 Å². The number of amides is 2. The second-order valence-electron chi connectivity index (χ2n) is 7.24. The second kappa shape index (κ2) is 8.20. The Kier molecular flexibility index (Phi) is 5.96. The number of ether oxygens (including phenoxy) is 1. The van der Waals surface area contributed by atoms with Crippen LogP contribution in [0.3, 0.4) is 0 Å². The molecule has 0 aliphatic heterocycles. The molecular weight excluding hydrogens is 352 g/mol. The Labute approximate surface area is 157 Å². The van der Waals surface area contributed by atoms with Gasteiger partial charge in [0.2, 0.25) is 5.91 Å². The van der Waals surface area contributed by atoms with Crippen molar-refractivity contribution in [3.05, 3.63) is 21.4 Å². The summed E-state index contributed by atoms with van der Waals surface area (Å²) in [6.07, 6.45) is 6.38. The predicted molar refractivity (Wildman–Crippen MR) is 99.2 cm³/mol. The average molecular weight is 378 g/mol. The molecule has 6 nitrogen and oxygen atoms in total. The van der Waals surface area contributed by atoms with E-state index < -0.39 is 5.97 Å². The average Bonchev–Trinajstić information content (AvgIpc) is 3.33. The van der Waals surface area contributed by atoms with Crippen LogP contribution in [0, 0.1) is 5.92 Å². The van der Waals surface area contributed by atoms with Crippen molar-refractivity contribution in [1.82, 2.24) is 10.2 Å². The molecule has 1 saturated carbocycles. The number of esters is 1. The zero-order chi connectivity index (χ0) is 18.7. The van der Waals surface area contributed by atoms with Crippen molar-refractivity contribution in [1.29, 1.82) is 0 Å². The van der Waals surface area contributed by atoms with Gasteiger partial charge in [0.1, 0.15) is 4.88 Å². The van der Waals surface area contributed by atoms with Crippen LogP contribution >= 0.6 is 11.3 Å². The summed E-state index contributed by atoms with van der Waals surface area (Å²) >= 11 is 1.48. The first-order valence-electron chi connectivity index (χ1n) is 9.28. The topological polar surface area (TPSA) is 75.7 Å². The Morgan fingerprint density at radius 1 is 1.31 bits per heavy atom. The van der Waals surface area contributed by atoms with Gasteiger partial charge in [-0.3, -0.25) is 9.59 Å². The van der Waals surface area contributed by atoms with E-state index in [1.807, 2.05) is 6.07 Å². The van der Waals surface area contributed by atoms with Gasteiger partial charge < -0.3 is 15.0 Å². The number of fused-ring (bicyclic) bond motifs is 1. The molecule has 2 aliphatic carbocycles. The normalized spacial score (nSPS) is 18.8. The molecule has 0 spiro atoms. The van der Waals surface area contributed by atoms with Crippen molar-refractivity contribution in [2.75, 3.05) is 20.2 Å². The van der Waals surface area contributed by atoms with E-state index in [0.29, 0.717) is 10.8 Å². The maximum atomic E-state index is 12.3. The lowest BCUT2D eigenvalue weighted by atomic mass is 9.87. The fourth-order valence-electron chi connectivity index (χ4n) is 3.16. The molecule has 7 heteroatoms. The summed E-state index contributed by atoms with van der Waals surface area (Å²) in [5, 5.41) is 2.83. The molecule has 1 aromatic rings. The van der Waals surface area contributed by atoms with Gasteiger partial charge in [-0.2, -0.15) is 0 Å². The zero-order valence-electron chi connectivity index (χ0n) is 15.4. The van der Waals surface area contributed by atoms with Gasteiger partial charge in [-0.1, -0.05) is 13.3 Å². The fraction of sp³-hybridized carbons (Fsp3) is 0.632. The van der Waals surface area contributed by atoms with Crippen LogP contribution in [0.5, 0.6) is 0 Å². The molecule has 0 unspecified atom stereocenters. The molecule has 1 heterocycles. The van der Waals surface area contributed by atoms with E-state index in [0.717, 1.165) is 32.1 Å². The highest BCUT2D eigenvalue weighted by Crippen LogP contribution is 2.33. The van der Waals surface area contributed by atoms with Gasteiger partial charge >= 0.3 is 5.97 Å². The van der Waals surface area contributed by atoms with Crippen molar-refractivity contribution >= 4 is 29.1 Å². The van der Waals surface area contributed by atoms with Crippen LogP contribution in [-0.2, 0) is 27.2 Å². The summed E-state index contributed by atoms with van der Waals surface area (Å²) in [5.41, 5.74) is 1.25. The van der Waals surface area contributed by atoms with E-state index in [2.05, 4.69) is 12.2 Å². The number of rotatable bonds is 7. The summed E-state index contributed by atoms with van der Waals surface area (Å²) in [7, 11) is 1.54. The molecule has 0 radical (unpaired) electrons. The van der Waals surface area contributed by atoms with E-state index >= 15 is 0 Å². The highest BCUT2D eigenvalue weighted by atomic mass is 32.1. The lowest BCUT2D eigenvalue weighted by molar-refractivity contribution is -0.137. The van der Waals surface area contributed by atoms with Gasteiger partial charge in [0.05, 0.1) is 6.54 Å². The van der Waals surface area contributed by atoms with Crippen LogP contribution in [0.2, 0.25) is 0 Å². The second-order valence-corrected chi connectivity index (χ2v) is 8.38. The summed E-state index contributed by atoms with van der Waals surface area (Å²) < 4.78 is 5.17. The third kappa shape index (κ3) is 4.84. The monoisotopic (exact) mass is 378 g/mol. The van der Waals surface area contributed by atoms with E-state index in [1.54, 1.807) is 0 Å². The minimum Gasteiger partial charge on any atom is -0.451 e. The van der Waals surface area contributed by atoms with Crippen LogP contribution in [-0.4, -0.2) is 48.9 Å². The summed E-state index contributed by atoms with van der Waals surface area (Å²) in [4.78, 5) is 39.2. The number of nitrogens with one attached hydrogen (secondary N) is 1. The maximum absolute atomic E-state index is 12.3. The Hall–Kier alpha value is -1.89. The molecule has 0 aromatic carbocycles. The molecule has 3 rings (SSSR count). The molecule has 142 valence electrons. The molecule has 1 N–H and O–H groups in total. The van der Waals surface area contributed by atoms with E-state index in [1.165, 1.54) is 40.1 Å². The first kappa shape index (κ1) is 18.9. The zero-order valence-corrected chi connectivity index (χ0v) is 16.2. The minimum atomic E-state index is -0.457.